The lowest BCUT2D eigenvalue weighted by Gasteiger charge is -2.12. The van der Waals surface area contributed by atoms with Gasteiger partial charge in [0.1, 0.15) is 11.5 Å². The predicted octanol–water partition coefficient (Wildman–Crippen LogP) is 2.35. The number of carbonyl (C=O) groups is 3. The maximum Gasteiger partial charge on any atom is 0.339 e. The van der Waals surface area contributed by atoms with E-state index in [1.807, 2.05) is 0 Å². The van der Waals surface area contributed by atoms with Gasteiger partial charge in [0.15, 0.2) is 6.61 Å². The molecule has 2 amide bonds. The summed E-state index contributed by atoms with van der Waals surface area (Å²) < 4.78 is 20.4. The SMILES string of the molecule is COCCNC(=O)CSc1ccccc1C(=O)OCC(=O)Nc1cc(OC)ccc1OC. The van der Waals surface area contributed by atoms with Crippen molar-refractivity contribution in [1.29, 1.82) is 0 Å². The maximum atomic E-state index is 12.5. The van der Waals surface area contributed by atoms with E-state index in [1.165, 1.54) is 26.0 Å². The van der Waals surface area contributed by atoms with E-state index in [9.17, 15) is 14.4 Å². The number of hydrogen-bond donors (Lipinski definition) is 2. The van der Waals surface area contributed by atoms with E-state index in [0.717, 1.165) is 0 Å². The van der Waals surface area contributed by atoms with Crippen LogP contribution >= 0.6 is 11.8 Å². The molecule has 2 N–H and O–H groups in total. The van der Waals surface area contributed by atoms with E-state index in [-0.39, 0.29) is 17.2 Å². The number of methoxy groups -OCH3 is 3. The normalized spacial score (nSPS) is 10.2. The molecule has 0 saturated carbocycles. The summed E-state index contributed by atoms with van der Waals surface area (Å²) in [6, 6.07) is 11.7. The largest absolute Gasteiger partial charge is 0.497 e. The van der Waals surface area contributed by atoms with Crippen LogP contribution in [0.5, 0.6) is 11.5 Å². The molecule has 0 heterocycles. The minimum Gasteiger partial charge on any atom is -0.497 e. The molecule has 0 aliphatic carbocycles. The van der Waals surface area contributed by atoms with Crippen molar-refractivity contribution in [2.75, 3.05) is 52.2 Å². The van der Waals surface area contributed by atoms with Crippen LogP contribution in [0.15, 0.2) is 47.4 Å². The molecule has 10 heteroatoms. The van der Waals surface area contributed by atoms with Gasteiger partial charge in [0.2, 0.25) is 5.91 Å². The molecule has 2 rings (SSSR count). The highest BCUT2D eigenvalue weighted by atomic mass is 32.2. The van der Waals surface area contributed by atoms with E-state index in [2.05, 4.69) is 10.6 Å². The Kier molecular flexibility index (Phi) is 10.3. The van der Waals surface area contributed by atoms with Crippen LogP contribution in [0.1, 0.15) is 10.4 Å². The van der Waals surface area contributed by atoms with Crippen LogP contribution < -0.4 is 20.1 Å². The van der Waals surface area contributed by atoms with Gasteiger partial charge in [0.25, 0.3) is 5.91 Å². The highest BCUT2D eigenvalue weighted by Gasteiger charge is 2.16. The lowest BCUT2D eigenvalue weighted by Crippen LogP contribution is -2.28. The minimum atomic E-state index is -0.666. The van der Waals surface area contributed by atoms with Crippen molar-refractivity contribution < 1.29 is 33.3 Å². The van der Waals surface area contributed by atoms with Crippen LogP contribution in [-0.4, -0.2) is 64.6 Å². The number of hydrogen-bond acceptors (Lipinski definition) is 8. The fraction of sp³-hybridized carbons (Fsp3) is 0.318. The molecule has 0 fully saturated rings. The third-order valence-electron chi connectivity index (χ3n) is 4.11. The molecule has 2 aromatic rings. The van der Waals surface area contributed by atoms with Crippen LogP contribution in [0.25, 0.3) is 0 Å². The molecule has 9 nitrogen and oxygen atoms in total. The number of carbonyl (C=O) groups excluding carboxylic acids is 3. The van der Waals surface area contributed by atoms with Crippen molar-refractivity contribution in [3.63, 3.8) is 0 Å². The standard InChI is InChI=1S/C22H26N2O7S/c1-28-11-10-23-21(26)14-32-19-7-5-4-6-16(19)22(27)31-13-20(25)24-17-12-15(29-2)8-9-18(17)30-3/h4-9,12H,10-11,13-14H2,1-3H3,(H,23,26)(H,24,25). The Morgan fingerprint density at radius 2 is 1.75 bits per heavy atom. The second-order valence-corrected chi connectivity index (χ2v) is 7.34. The molecule has 0 aliphatic rings. The monoisotopic (exact) mass is 462 g/mol. The Labute approximate surface area is 190 Å². The lowest BCUT2D eigenvalue weighted by atomic mass is 10.2. The van der Waals surface area contributed by atoms with Crippen molar-refractivity contribution in [3.8, 4) is 11.5 Å². The molecule has 0 spiro atoms. The van der Waals surface area contributed by atoms with Crippen LogP contribution in [0, 0.1) is 0 Å². The number of ether oxygens (including phenoxy) is 4. The maximum absolute atomic E-state index is 12.5. The molecule has 0 atom stereocenters. The van der Waals surface area contributed by atoms with Gasteiger partial charge in [-0.25, -0.2) is 4.79 Å². The quantitative estimate of drug-likeness (QED) is 0.281. The van der Waals surface area contributed by atoms with Crippen LogP contribution in [-0.2, 0) is 19.1 Å². The number of thioether (sulfide) groups is 1. The minimum absolute atomic E-state index is 0.129. The lowest BCUT2D eigenvalue weighted by molar-refractivity contribution is -0.119. The van der Waals surface area contributed by atoms with Gasteiger partial charge < -0.3 is 29.6 Å². The molecule has 0 saturated heterocycles. The van der Waals surface area contributed by atoms with Gasteiger partial charge in [-0.05, 0) is 24.3 Å². The second-order valence-electron chi connectivity index (χ2n) is 6.32. The van der Waals surface area contributed by atoms with Gasteiger partial charge in [-0.15, -0.1) is 11.8 Å². The molecule has 2 aromatic carbocycles. The summed E-state index contributed by atoms with van der Waals surface area (Å²) in [5.74, 6) is -0.272. The van der Waals surface area contributed by atoms with E-state index >= 15 is 0 Å². The van der Waals surface area contributed by atoms with Crippen molar-refractivity contribution in [2.24, 2.45) is 0 Å². The van der Waals surface area contributed by atoms with Gasteiger partial charge in [0, 0.05) is 24.6 Å². The summed E-state index contributed by atoms with van der Waals surface area (Å²) in [4.78, 5) is 37.3. The summed E-state index contributed by atoms with van der Waals surface area (Å²) in [6.45, 7) is 0.339. The summed E-state index contributed by atoms with van der Waals surface area (Å²) in [7, 11) is 4.54. The molecule has 0 aromatic heterocycles. The first-order valence-electron chi connectivity index (χ1n) is 9.65. The second kappa shape index (κ2) is 13.2. The first-order chi connectivity index (χ1) is 15.5. The smallest absolute Gasteiger partial charge is 0.339 e. The van der Waals surface area contributed by atoms with Crippen LogP contribution in [0.4, 0.5) is 5.69 Å². The number of esters is 1. The van der Waals surface area contributed by atoms with Crippen LogP contribution in [0.3, 0.4) is 0 Å². The Hall–Kier alpha value is -3.24. The average molecular weight is 463 g/mol. The molecule has 0 radical (unpaired) electrons. The Morgan fingerprint density at radius 1 is 0.969 bits per heavy atom. The molecule has 172 valence electrons. The zero-order valence-corrected chi connectivity index (χ0v) is 19.0. The van der Waals surface area contributed by atoms with E-state index in [4.69, 9.17) is 18.9 Å². The third-order valence-corrected chi connectivity index (χ3v) is 5.18. The number of benzene rings is 2. The first kappa shape index (κ1) is 25.0. The highest BCUT2D eigenvalue weighted by molar-refractivity contribution is 8.00. The zero-order chi connectivity index (χ0) is 23.3. The molecule has 32 heavy (non-hydrogen) atoms. The number of anilines is 1. The third kappa shape index (κ3) is 7.78. The van der Waals surface area contributed by atoms with Crippen LogP contribution in [0.2, 0.25) is 0 Å². The summed E-state index contributed by atoms with van der Waals surface area (Å²) in [5, 5.41) is 5.34. The highest BCUT2D eigenvalue weighted by Crippen LogP contribution is 2.29. The first-order valence-corrected chi connectivity index (χ1v) is 10.6. The fourth-order valence-electron chi connectivity index (χ4n) is 2.55. The summed E-state index contributed by atoms with van der Waals surface area (Å²) in [6.07, 6.45) is 0. The van der Waals surface area contributed by atoms with Crippen molar-refractivity contribution >= 4 is 35.2 Å². The van der Waals surface area contributed by atoms with Gasteiger partial charge in [-0.1, -0.05) is 12.1 Å². The molecule has 0 bridgehead atoms. The summed E-state index contributed by atoms with van der Waals surface area (Å²) >= 11 is 1.20. The topological polar surface area (TPSA) is 112 Å². The Bertz CT molecular complexity index is 936. The van der Waals surface area contributed by atoms with Crippen molar-refractivity contribution in [2.45, 2.75) is 4.90 Å². The Balaban J connectivity index is 1.93. The van der Waals surface area contributed by atoms with E-state index in [0.29, 0.717) is 35.2 Å². The Morgan fingerprint density at radius 3 is 2.47 bits per heavy atom. The van der Waals surface area contributed by atoms with Gasteiger partial charge in [-0.3, -0.25) is 9.59 Å². The zero-order valence-electron chi connectivity index (χ0n) is 18.1. The molecular formula is C22H26N2O7S. The molecule has 0 aliphatic heterocycles. The van der Waals surface area contributed by atoms with Gasteiger partial charge in [-0.2, -0.15) is 0 Å². The van der Waals surface area contributed by atoms with E-state index < -0.39 is 18.5 Å². The van der Waals surface area contributed by atoms with Gasteiger partial charge in [0.05, 0.1) is 37.8 Å². The summed E-state index contributed by atoms with van der Waals surface area (Å²) in [5.41, 5.74) is 0.664. The molecular weight excluding hydrogens is 436 g/mol. The fourth-order valence-corrected chi connectivity index (χ4v) is 3.43. The number of nitrogens with one attached hydrogen (secondary N) is 2. The number of amides is 2. The van der Waals surface area contributed by atoms with Crippen molar-refractivity contribution in [3.05, 3.63) is 48.0 Å². The number of rotatable bonds is 12. The van der Waals surface area contributed by atoms with Crippen molar-refractivity contribution in [1.82, 2.24) is 5.32 Å². The van der Waals surface area contributed by atoms with E-state index in [1.54, 1.807) is 49.6 Å². The van der Waals surface area contributed by atoms with Gasteiger partial charge >= 0.3 is 5.97 Å². The molecule has 0 unspecified atom stereocenters. The average Bonchev–Trinajstić information content (AvgIpc) is 2.81. The predicted molar refractivity (Wildman–Crippen MR) is 121 cm³/mol.